The van der Waals surface area contributed by atoms with Gasteiger partial charge in [0.2, 0.25) is 11.8 Å². The number of nitrogens with one attached hydrogen (secondary N) is 2. The van der Waals surface area contributed by atoms with E-state index in [0.29, 0.717) is 11.6 Å². The molecule has 2 N–H and O–H groups in total. The van der Waals surface area contributed by atoms with Crippen molar-refractivity contribution in [2.45, 2.75) is 24.7 Å². The molecule has 2 aliphatic heterocycles. The van der Waals surface area contributed by atoms with Crippen molar-refractivity contribution in [3.05, 3.63) is 75.2 Å². The molecule has 2 aromatic rings. The zero-order valence-electron chi connectivity index (χ0n) is 15.4. The molecular weight excluding hydrogens is 440 g/mol. The van der Waals surface area contributed by atoms with Crippen LogP contribution in [0.4, 0.5) is 5.69 Å². The standard InChI is InChI=1S/C22H20BrClN2O2/c1-12(2)18-11-25-20(27)10-17(13-4-3-5-15(24)8-13)22(18)16-7-6-14(23)9-19(16)26-21(22)28/h3-9,17-18H,1,10-11H2,2H3,(H,25,27)(H,26,28)/t17-,18+,22-/m0/s1. The van der Waals surface area contributed by atoms with E-state index < -0.39 is 5.41 Å². The third kappa shape index (κ3) is 2.88. The van der Waals surface area contributed by atoms with E-state index in [9.17, 15) is 9.59 Å². The molecular formula is C22H20BrClN2O2. The molecule has 0 aliphatic carbocycles. The van der Waals surface area contributed by atoms with E-state index in [1.165, 1.54) is 0 Å². The van der Waals surface area contributed by atoms with E-state index in [4.69, 9.17) is 11.6 Å². The largest absolute Gasteiger partial charge is 0.355 e. The molecule has 1 saturated heterocycles. The summed E-state index contributed by atoms with van der Waals surface area (Å²) in [6, 6.07) is 13.3. The summed E-state index contributed by atoms with van der Waals surface area (Å²) >= 11 is 9.75. The molecule has 28 heavy (non-hydrogen) atoms. The SMILES string of the molecule is C=C(C)[C@H]1CNC(=O)C[C@@H](c2cccc(Cl)c2)[C@]12C(=O)Nc1cc(Br)ccc12. The lowest BCUT2D eigenvalue weighted by Gasteiger charge is -2.40. The van der Waals surface area contributed by atoms with Crippen molar-refractivity contribution >= 4 is 45.0 Å². The van der Waals surface area contributed by atoms with Crippen molar-refractivity contribution in [3.63, 3.8) is 0 Å². The molecule has 2 heterocycles. The minimum absolute atomic E-state index is 0.0773. The van der Waals surface area contributed by atoms with Gasteiger partial charge in [0, 0.05) is 40.0 Å². The van der Waals surface area contributed by atoms with Crippen LogP contribution in [0.2, 0.25) is 5.02 Å². The van der Waals surface area contributed by atoms with Crippen molar-refractivity contribution in [3.8, 4) is 0 Å². The Morgan fingerprint density at radius 3 is 2.75 bits per heavy atom. The van der Waals surface area contributed by atoms with Crippen LogP contribution >= 0.6 is 27.5 Å². The zero-order chi connectivity index (χ0) is 20.1. The first-order valence-corrected chi connectivity index (χ1v) is 10.3. The second-order valence-corrected chi connectivity index (χ2v) is 8.88. The summed E-state index contributed by atoms with van der Waals surface area (Å²) < 4.78 is 0.887. The second kappa shape index (κ2) is 7.05. The normalized spacial score (nSPS) is 26.4. The molecule has 3 atom stereocenters. The van der Waals surface area contributed by atoms with E-state index in [1.54, 1.807) is 6.07 Å². The molecule has 0 unspecified atom stereocenters. The smallest absolute Gasteiger partial charge is 0.236 e. The van der Waals surface area contributed by atoms with Crippen molar-refractivity contribution < 1.29 is 9.59 Å². The quantitative estimate of drug-likeness (QED) is 0.635. The molecule has 0 saturated carbocycles. The van der Waals surface area contributed by atoms with E-state index in [-0.39, 0.29) is 30.1 Å². The van der Waals surface area contributed by atoms with Crippen LogP contribution in [0.3, 0.4) is 0 Å². The Bertz CT molecular complexity index is 1010. The van der Waals surface area contributed by atoms with Gasteiger partial charge in [-0.3, -0.25) is 9.59 Å². The van der Waals surface area contributed by atoms with Crippen molar-refractivity contribution in [1.29, 1.82) is 0 Å². The summed E-state index contributed by atoms with van der Waals surface area (Å²) in [6.45, 7) is 6.46. The number of fused-ring (bicyclic) bond motifs is 2. The number of carbonyl (C=O) groups is 2. The average Bonchev–Trinajstić information content (AvgIpc) is 2.80. The third-order valence-corrected chi connectivity index (χ3v) is 6.62. The average molecular weight is 460 g/mol. The summed E-state index contributed by atoms with van der Waals surface area (Å²) in [5, 5.41) is 6.62. The van der Waals surface area contributed by atoms with Crippen LogP contribution in [-0.2, 0) is 15.0 Å². The van der Waals surface area contributed by atoms with Gasteiger partial charge in [0.1, 0.15) is 0 Å². The molecule has 0 bridgehead atoms. The van der Waals surface area contributed by atoms with Crippen molar-refractivity contribution in [2.75, 3.05) is 11.9 Å². The van der Waals surface area contributed by atoms with Crippen molar-refractivity contribution in [1.82, 2.24) is 5.32 Å². The van der Waals surface area contributed by atoms with Gasteiger partial charge in [-0.2, -0.15) is 0 Å². The molecule has 0 radical (unpaired) electrons. The summed E-state index contributed by atoms with van der Waals surface area (Å²) in [5.41, 5.74) is 2.47. The van der Waals surface area contributed by atoms with E-state index >= 15 is 0 Å². The third-order valence-electron chi connectivity index (χ3n) is 5.89. The van der Waals surface area contributed by atoms with Gasteiger partial charge in [-0.1, -0.05) is 57.9 Å². The predicted octanol–water partition coefficient (Wildman–Crippen LogP) is 4.79. The first-order valence-electron chi connectivity index (χ1n) is 9.13. The number of hydrogen-bond donors (Lipinski definition) is 2. The number of anilines is 1. The molecule has 1 spiro atoms. The zero-order valence-corrected chi connectivity index (χ0v) is 17.7. The monoisotopic (exact) mass is 458 g/mol. The van der Waals surface area contributed by atoms with Crippen LogP contribution in [0.25, 0.3) is 0 Å². The molecule has 2 aliphatic rings. The fraction of sp³-hybridized carbons (Fsp3) is 0.273. The van der Waals surface area contributed by atoms with Gasteiger partial charge in [0.05, 0.1) is 5.41 Å². The number of hydrogen-bond acceptors (Lipinski definition) is 2. The fourth-order valence-corrected chi connectivity index (χ4v) is 5.29. The van der Waals surface area contributed by atoms with Crippen LogP contribution < -0.4 is 10.6 Å². The summed E-state index contributed by atoms with van der Waals surface area (Å²) in [5.74, 6) is -0.787. The summed E-state index contributed by atoms with van der Waals surface area (Å²) in [4.78, 5) is 26.2. The molecule has 4 nitrogen and oxygen atoms in total. The maximum Gasteiger partial charge on any atom is 0.236 e. The van der Waals surface area contributed by atoms with E-state index in [1.807, 2.05) is 43.3 Å². The molecule has 2 aromatic carbocycles. The van der Waals surface area contributed by atoms with Crippen LogP contribution in [0.5, 0.6) is 0 Å². The van der Waals surface area contributed by atoms with Gasteiger partial charge >= 0.3 is 0 Å². The lowest BCUT2D eigenvalue weighted by atomic mass is 9.59. The highest BCUT2D eigenvalue weighted by Gasteiger charge is 2.59. The van der Waals surface area contributed by atoms with Gasteiger partial charge < -0.3 is 10.6 Å². The van der Waals surface area contributed by atoms with Crippen LogP contribution in [0, 0.1) is 5.92 Å². The Morgan fingerprint density at radius 1 is 1.25 bits per heavy atom. The molecule has 144 valence electrons. The molecule has 0 aromatic heterocycles. The lowest BCUT2D eigenvalue weighted by molar-refractivity contribution is -0.123. The van der Waals surface area contributed by atoms with Crippen LogP contribution in [-0.4, -0.2) is 18.4 Å². The minimum Gasteiger partial charge on any atom is -0.355 e. The molecule has 2 amide bonds. The number of carbonyl (C=O) groups excluding carboxylic acids is 2. The highest BCUT2D eigenvalue weighted by molar-refractivity contribution is 9.10. The van der Waals surface area contributed by atoms with E-state index in [0.717, 1.165) is 26.9 Å². The highest BCUT2D eigenvalue weighted by atomic mass is 79.9. The molecule has 4 rings (SSSR count). The van der Waals surface area contributed by atoms with Gasteiger partial charge in [-0.25, -0.2) is 0 Å². The topological polar surface area (TPSA) is 58.2 Å². The fourth-order valence-electron chi connectivity index (χ4n) is 4.73. The highest BCUT2D eigenvalue weighted by Crippen LogP contribution is 2.55. The number of rotatable bonds is 2. The number of amides is 2. The summed E-state index contributed by atoms with van der Waals surface area (Å²) in [7, 11) is 0. The van der Waals surface area contributed by atoms with Gasteiger partial charge in [-0.15, -0.1) is 0 Å². The lowest BCUT2D eigenvalue weighted by Crippen LogP contribution is -2.48. The van der Waals surface area contributed by atoms with Gasteiger partial charge in [-0.05, 0) is 42.3 Å². The minimum atomic E-state index is -0.939. The Hall–Kier alpha value is -2.11. The number of halogens is 2. The first kappa shape index (κ1) is 19.2. The van der Waals surface area contributed by atoms with E-state index in [2.05, 4.69) is 33.1 Å². The second-order valence-electron chi connectivity index (χ2n) is 7.53. The molecule has 1 fully saturated rings. The maximum absolute atomic E-state index is 13.6. The Balaban J connectivity index is 2.03. The van der Waals surface area contributed by atoms with Gasteiger partial charge in [0.15, 0.2) is 0 Å². The van der Waals surface area contributed by atoms with Crippen LogP contribution in [0.15, 0.2) is 59.1 Å². The van der Waals surface area contributed by atoms with Gasteiger partial charge in [0.25, 0.3) is 0 Å². The summed E-state index contributed by atoms with van der Waals surface area (Å²) in [6.07, 6.45) is 0.201. The Labute approximate surface area is 177 Å². The van der Waals surface area contributed by atoms with Crippen molar-refractivity contribution in [2.24, 2.45) is 5.92 Å². The predicted molar refractivity (Wildman–Crippen MR) is 115 cm³/mol. The first-order chi connectivity index (χ1) is 13.3. The Morgan fingerprint density at radius 2 is 2.04 bits per heavy atom. The van der Waals surface area contributed by atoms with Crippen LogP contribution in [0.1, 0.15) is 30.4 Å². The Kier molecular flexibility index (Phi) is 4.84. The molecule has 6 heteroatoms. The maximum atomic E-state index is 13.6. The number of benzene rings is 2.